The SMILES string of the molecule is CNC(c1ccc2oc(=O)[nH]c2c1)C(C)(C)O. The third-order valence-corrected chi connectivity index (χ3v) is 2.77. The topological polar surface area (TPSA) is 78.3 Å². The summed E-state index contributed by atoms with van der Waals surface area (Å²) in [5.41, 5.74) is 1.15. The smallest absolute Gasteiger partial charge is 0.408 e. The van der Waals surface area contributed by atoms with Gasteiger partial charge in [-0.05, 0) is 38.6 Å². The van der Waals surface area contributed by atoms with Crippen molar-refractivity contribution < 1.29 is 9.52 Å². The van der Waals surface area contributed by atoms with Crippen LogP contribution in [0.25, 0.3) is 11.1 Å². The highest BCUT2D eigenvalue weighted by Crippen LogP contribution is 2.26. The van der Waals surface area contributed by atoms with Crippen LogP contribution in [0, 0.1) is 0 Å². The lowest BCUT2D eigenvalue weighted by molar-refractivity contribution is 0.0401. The normalized spacial score (nSPS) is 14.1. The Morgan fingerprint density at radius 1 is 1.47 bits per heavy atom. The number of nitrogens with one attached hydrogen (secondary N) is 2. The summed E-state index contributed by atoms with van der Waals surface area (Å²) in [6.45, 7) is 3.47. The molecule has 0 fully saturated rings. The number of fused-ring (bicyclic) bond motifs is 1. The van der Waals surface area contributed by atoms with Gasteiger partial charge in [-0.2, -0.15) is 0 Å². The molecular formula is C12H16N2O3. The summed E-state index contributed by atoms with van der Waals surface area (Å²) < 4.78 is 4.93. The number of aromatic nitrogens is 1. The van der Waals surface area contributed by atoms with E-state index in [9.17, 15) is 9.90 Å². The van der Waals surface area contributed by atoms with Crippen LogP contribution in [0.3, 0.4) is 0 Å². The van der Waals surface area contributed by atoms with Crippen molar-refractivity contribution in [2.45, 2.75) is 25.5 Å². The molecule has 0 saturated heterocycles. The van der Waals surface area contributed by atoms with Gasteiger partial charge in [-0.25, -0.2) is 4.79 Å². The van der Waals surface area contributed by atoms with Crippen LogP contribution >= 0.6 is 0 Å². The van der Waals surface area contributed by atoms with Gasteiger partial charge in [0.15, 0.2) is 5.58 Å². The molecule has 0 spiro atoms. The number of hydrogen-bond acceptors (Lipinski definition) is 4. The van der Waals surface area contributed by atoms with Crippen molar-refractivity contribution in [1.29, 1.82) is 0 Å². The van der Waals surface area contributed by atoms with Crippen molar-refractivity contribution in [1.82, 2.24) is 10.3 Å². The first kappa shape index (κ1) is 11.9. The molecule has 1 heterocycles. The third kappa shape index (κ3) is 2.25. The summed E-state index contributed by atoms with van der Waals surface area (Å²) in [6.07, 6.45) is 0. The van der Waals surface area contributed by atoms with Crippen LogP contribution in [0.2, 0.25) is 0 Å². The van der Waals surface area contributed by atoms with E-state index in [0.29, 0.717) is 11.1 Å². The lowest BCUT2D eigenvalue weighted by Crippen LogP contribution is -2.37. The summed E-state index contributed by atoms with van der Waals surface area (Å²) in [5, 5.41) is 13.1. The maximum absolute atomic E-state index is 11.0. The molecule has 92 valence electrons. The van der Waals surface area contributed by atoms with Crippen LogP contribution in [0.15, 0.2) is 27.4 Å². The zero-order chi connectivity index (χ0) is 12.6. The summed E-state index contributed by atoms with van der Waals surface area (Å²) >= 11 is 0. The molecule has 3 N–H and O–H groups in total. The molecule has 0 radical (unpaired) electrons. The van der Waals surface area contributed by atoms with Gasteiger partial charge in [0.05, 0.1) is 17.2 Å². The monoisotopic (exact) mass is 236 g/mol. The number of likely N-dealkylation sites (N-methyl/N-ethyl adjacent to an activating group) is 1. The average molecular weight is 236 g/mol. The van der Waals surface area contributed by atoms with Gasteiger partial charge in [0.1, 0.15) is 0 Å². The first-order chi connectivity index (χ1) is 7.91. The predicted octanol–water partition coefficient (Wildman–Crippen LogP) is 1.15. The van der Waals surface area contributed by atoms with E-state index in [2.05, 4.69) is 10.3 Å². The molecule has 2 rings (SSSR count). The van der Waals surface area contributed by atoms with Crippen molar-refractivity contribution >= 4 is 11.1 Å². The van der Waals surface area contributed by atoms with Gasteiger partial charge >= 0.3 is 5.76 Å². The number of aromatic amines is 1. The van der Waals surface area contributed by atoms with Crippen LogP contribution in [0.4, 0.5) is 0 Å². The average Bonchev–Trinajstić information content (AvgIpc) is 2.56. The Kier molecular flexibility index (Phi) is 2.81. The van der Waals surface area contributed by atoms with Crippen LogP contribution in [0.5, 0.6) is 0 Å². The van der Waals surface area contributed by atoms with Crippen LogP contribution < -0.4 is 11.1 Å². The van der Waals surface area contributed by atoms with Crippen LogP contribution in [-0.2, 0) is 0 Å². The molecule has 0 amide bonds. The van der Waals surface area contributed by atoms with E-state index in [-0.39, 0.29) is 6.04 Å². The molecule has 0 aliphatic heterocycles. The number of hydrogen-bond donors (Lipinski definition) is 3. The van der Waals surface area contributed by atoms with Crippen molar-refractivity contribution in [2.75, 3.05) is 7.05 Å². The van der Waals surface area contributed by atoms with Crippen molar-refractivity contribution in [3.8, 4) is 0 Å². The molecule has 1 aromatic heterocycles. The highest BCUT2D eigenvalue weighted by Gasteiger charge is 2.27. The predicted molar refractivity (Wildman–Crippen MR) is 64.9 cm³/mol. The van der Waals surface area contributed by atoms with E-state index in [1.807, 2.05) is 6.07 Å². The Balaban J connectivity index is 2.51. The lowest BCUT2D eigenvalue weighted by atomic mass is 9.92. The highest BCUT2D eigenvalue weighted by molar-refractivity contribution is 5.73. The second-order valence-electron chi connectivity index (χ2n) is 4.65. The molecule has 5 nitrogen and oxygen atoms in total. The molecule has 0 saturated carbocycles. The Morgan fingerprint density at radius 2 is 2.18 bits per heavy atom. The Hall–Kier alpha value is -1.59. The van der Waals surface area contributed by atoms with Crippen molar-refractivity contribution in [2.24, 2.45) is 0 Å². The van der Waals surface area contributed by atoms with E-state index < -0.39 is 11.4 Å². The maximum Gasteiger partial charge on any atom is 0.417 e. The van der Waals surface area contributed by atoms with Gasteiger partial charge < -0.3 is 14.8 Å². The second-order valence-corrected chi connectivity index (χ2v) is 4.65. The third-order valence-electron chi connectivity index (χ3n) is 2.77. The van der Waals surface area contributed by atoms with Crippen LogP contribution in [-0.4, -0.2) is 22.7 Å². The Bertz CT molecular complexity index is 577. The number of benzene rings is 1. The van der Waals surface area contributed by atoms with Gasteiger partial charge in [-0.3, -0.25) is 4.98 Å². The highest BCUT2D eigenvalue weighted by atomic mass is 16.4. The quantitative estimate of drug-likeness (QED) is 0.747. The molecular weight excluding hydrogens is 220 g/mol. The molecule has 1 aromatic carbocycles. The van der Waals surface area contributed by atoms with Gasteiger partial charge in [-0.1, -0.05) is 6.07 Å². The van der Waals surface area contributed by atoms with E-state index in [1.54, 1.807) is 33.0 Å². The number of aliphatic hydroxyl groups is 1. The number of H-pyrrole nitrogens is 1. The standard InChI is InChI=1S/C12H16N2O3/c1-12(2,16)10(13-3)7-4-5-9-8(6-7)14-11(15)17-9/h4-6,10,13,16H,1-3H3,(H,14,15). The van der Waals surface area contributed by atoms with E-state index in [4.69, 9.17) is 4.42 Å². The first-order valence-corrected chi connectivity index (χ1v) is 5.44. The zero-order valence-corrected chi connectivity index (χ0v) is 10.1. The first-order valence-electron chi connectivity index (χ1n) is 5.44. The van der Waals surface area contributed by atoms with Crippen molar-refractivity contribution in [3.05, 3.63) is 34.3 Å². The fourth-order valence-electron chi connectivity index (χ4n) is 2.08. The Morgan fingerprint density at radius 3 is 2.76 bits per heavy atom. The second kappa shape index (κ2) is 4.01. The molecule has 0 bridgehead atoms. The van der Waals surface area contributed by atoms with Gasteiger partial charge in [0.2, 0.25) is 0 Å². The summed E-state index contributed by atoms with van der Waals surface area (Å²) in [6, 6.07) is 5.14. The largest absolute Gasteiger partial charge is 0.417 e. The van der Waals surface area contributed by atoms with Crippen molar-refractivity contribution in [3.63, 3.8) is 0 Å². The van der Waals surface area contributed by atoms with E-state index >= 15 is 0 Å². The van der Waals surface area contributed by atoms with Gasteiger partial charge in [0, 0.05) is 0 Å². The number of rotatable bonds is 3. The van der Waals surface area contributed by atoms with E-state index in [1.165, 1.54) is 0 Å². The number of oxazole rings is 1. The van der Waals surface area contributed by atoms with Gasteiger partial charge in [0.25, 0.3) is 0 Å². The minimum Gasteiger partial charge on any atom is -0.408 e. The van der Waals surface area contributed by atoms with Gasteiger partial charge in [-0.15, -0.1) is 0 Å². The molecule has 0 aliphatic carbocycles. The molecule has 5 heteroatoms. The fourth-order valence-corrected chi connectivity index (χ4v) is 2.08. The summed E-state index contributed by atoms with van der Waals surface area (Å²) in [7, 11) is 1.78. The Labute approximate surface area is 98.5 Å². The maximum atomic E-state index is 11.0. The van der Waals surface area contributed by atoms with Crippen LogP contribution in [0.1, 0.15) is 25.5 Å². The molecule has 1 unspecified atom stereocenters. The minimum absolute atomic E-state index is 0.217. The fraction of sp³-hybridized carbons (Fsp3) is 0.417. The van der Waals surface area contributed by atoms with E-state index in [0.717, 1.165) is 5.56 Å². The molecule has 17 heavy (non-hydrogen) atoms. The molecule has 0 aliphatic rings. The molecule has 1 atom stereocenters. The zero-order valence-electron chi connectivity index (χ0n) is 10.1. The summed E-state index contributed by atoms with van der Waals surface area (Å²) in [5.74, 6) is -0.471. The lowest BCUT2D eigenvalue weighted by Gasteiger charge is -2.29. The molecule has 2 aromatic rings. The summed E-state index contributed by atoms with van der Waals surface area (Å²) in [4.78, 5) is 13.6. The minimum atomic E-state index is -0.896.